The number of aromatic nitrogens is 3. The molecule has 0 atom stereocenters. The molecule has 6 nitrogen and oxygen atoms in total. The van der Waals surface area contributed by atoms with Gasteiger partial charge in [0.15, 0.2) is 0 Å². The van der Waals surface area contributed by atoms with Crippen LogP contribution in [0.3, 0.4) is 0 Å². The number of carbonyl (C=O) groups is 1. The van der Waals surface area contributed by atoms with E-state index in [4.69, 9.17) is 0 Å². The van der Waals surface area contributed by atoms with Crippen molar-refractivity contribution in [1.29, 1.82) is 0 Å². The number of fused-ring (bicyclic) bond motifs is 1. The van der Waals surface area contributed by atoms with Gasteiger partial charge in [0.05, 0.1) is 11.9 Å². The van der Waals surface area contributed by atoms with Crippen molar-refractivity contribution in [1.82, 2.24) is 20.3 Å². The molecule has 28 heavy (non-hydrogen) atoms. The van der Waals surface area contributed by atoms with E-state index in [0.717, 1.165) is 12.8 Å². The number of nitrogens with one attached hydrogen (secondary N) is 1. The van der Waals surface area contributed by atoms with Crippen molar-refractivity contribution in [3.63, 3.8) is 0 Å². The molecule has 6 heteroatoms. The van der Waals surface area contributed by atoms with E-state index in [1.807, 2.05) is 12.1 Å². The standard InChI is InChI=1S/C22H24N4O2/c27-20(12-15-26-21(28)18-10-4-5-11-19(18)24-25-26)23-16-22(13-6-7-14-22)17-8-2-1-3-9-17/h1-5,8-11H,6-7,12-16H2,(H,23,27). The highest BCUT2D eigenvalue weighted by molar-refractivity contribution is 5.77. The number of carbonyl (C=O) groups excluding carboxylic acids is 1. The maximum atomic E-state index is 12.5. The molecule has 0 aliphatic heterocycles. The second-order valence-electron chi connectivity index (χ2n) is 7.52. The molecule has 1 fully saturated rings. The van der Waals surface area contributed by atoms with Crippen LogP contribution in [0.15, 0.2) is 59.4 Å². The Hall–Kier alpha value is -3.02. The lowest BCUT2D eigenvalue weighted by molar-refractivity contribution is -0.121. The van der Waals surface area contributed by atoms with Gasteiger partial charge in [0.2, 0.25) is 5.91 Å². The average molecular weight is 376 g/mol. The Kier molecular flexibility index (Phi) is 5.19. The zero-order valence-electron chi connectivity index (χ0n) is 15.8. The van der Waals surface area contributed by atoms with E-state index in [1.165, 1.54) is 23.1 Å². The van der Waals surface area contributed by atoms with Crippen molar-refractivity contribution in [3.05, 3.63) is 70.5 Å². The topological polar surface area (TPSA) is 76.9 Å². The Bertz CT molecular complexity index is 1020. The molecule has 1 heterocycles. The highest BCUT2D eigenvalue weighted by atomic mass is 16.2. The largest absolute Gasteiger partial charge is 0.355 e. The first-order valence-corrected chi connectivity index (χ1v) is 9.83. The van der Waals surface area contributed by atoms with Crippen LogP contribution in [0.2, 0.25) is 0 Å². The number of nitrogens with zero attached hydrogens (tertiary/aromatic N) is 3. The first-order valence-electron chi connectivity index (χ1n) is 9.83. The van der Waals surface area contributed by atoms with E-state index in [9.17, 15) is 9.59 Å². The smallest absolute Gasteiger partial charge is 0.277 e. The Balaban J connectivity index is 1.40. The van der Waals surface area contributed by atoms with Crippen molar-refractivity contribution in [2.45, 2.75) is 44.1 Å². The monoisotopic (exact) mass is 376 g/mol. The molecule has 4 rings (SSSR count). The predicted octanol–water partition coefficient (Wildman–Crippen LogP) is 2.81. The van der Waals surface area contributed by atoms with Gasteiger partial charge in [0, 0.05) is 18.4 Å². The van der Waals surface area contributed by atoms with E-state index < -0.39 is 0 Å². The van der Waals surface area contributed by atoms with E-state index in [2.05, 4.69) is 39.9 Å². The molecule has 1 amide bonds. The van der Waals surface area contributed by atoms with Gasteiger partial charge in [-0.25, -0.2) is 4.68 Å². The fraction of sp³-hybridized carbons (Fsp3) is 0.364. The molecule has 2 aromatic carbocycles. The van der Waals surface area contributed by atoms with E-state index in [1.54, 1.807) is 18.2 Å². The second-order valence-corrected chi connectivity index (χ2v) is 7.52. The fourth-order valence-electron chi connectivity index (χ4n) is 4.14. The molecule has 1 aromatic heterocycles. The van der Waals surface area contributed by atoms with Crippen LogP contribution in [0.25, 0.3) is 10.9 Å². The Morgan fingerprint density at radius 2 is 1.75 bits per heavy atom. The fourth-order valence-corrected chi connectivity index (χ4v) is 4.14. The zero-order chi connectivity index (χ0) is 19.4. The Morgan fingerprint density at radius 3 is 2.54 bits per heavy atom. The lowest BCUT2D eigenvalue weighted by atomic mass is 9.79. The zero-order valence-corrected chi connectivity index (χ0v) is 15.8. The minimum atomic E-state index is -0.213. The van der Waals surface area contributed by atoms with Gasteiger partial charge in [-0.05, 0) is 30.5 Å². The van der Waals surface area contributed by atoms with Crippen molar-refractivity contribution in [2.24, 2.45) is 0 Å². The summed E-state index contributed by atoms with van der Waals surface area (Å²) in [6, 6.07) is 17.5. The van der Waals surface area contributed by atoms with Crippen LogP contribution in [0.1, 0.15) is 37.7 Å². The van der Waals surface area contributed by atoms with Gasteiger partial charge >= 0.3 is 0 Å². The lowest BCUT2D eigenvalue weighted by Gasteiger charge is -2.30. The minimum absolute atomic E-state index is 0.0243. The number of aryl methyl sites for hydroxylation is 1. The second kappa shape index (κ2) is 7.92. The molecular formula is C22H24N4O2. The summed E-state index contributed by atoms with van der Waals surface area (Å²) in [6.07, 6.45) is 4.76. The van der Waals surface area contributed by atoms with Gasteiger partial charge in [-0.2, -0.15) is 0 Å². The van der Waals surface area contributed by atoms with Crippen LogP contribution >= 0.6 is 0 Å². The molecule has 0 bridgehead atoms. The van der Waals surface area contributed by atoms with Crippen molar-refractivity contribution in [3.8, 4) is 0 Å². The van der Waals surface area contributed by atoms with Crippen LogP contribution in [-0.2, 0) is 16.8 Å². The maximum Gasteiger partial charge on any atom is 0.277 e. The van der Waals surface area contributed by atoms with E-state index in [0.29, 0.717) is 17.4 Å². The van der Waals surface area contributed by atoms with Gasteiger partial charge in [-0.3, -0.25) is 9.59 Å². The number of hydrogen-bond acceptors (Lipinski definition) is 4. The number of hydrogen-bond donors (Lipinski definition) is 1. The maximum absolute atomic E-state index is 12.5. The number of amides is 1. The van der Waals surface area contributed by atoms with Gasteiger partial charge in [-0.1, -0.05) is 60.5 Å². The molecule has 1 aliphatic rings. The molecule has 0 saturated heterocycles. The third-order valence-corrected chi connectivity index (χ3v) is 5.75. The summed E-state index contributed by atoms with van der Waals surface area (Å²) in [5.74, 6) is -0.0657. The summed E-state index contributed by atoms with van der Waals surface area (Å²) in [4.78, 5) is 24.9. The van der Waals surface area contributed by atoms with Gasteiger partial charge in [0.1, 0.15) is 5.52 Å². The summed E-state index contributed by atoms with van der Waals surface area (Å²) in [5, 5.41) is 11.6. The van der Waals surface area contributed by atoms with Crippen LogP contribution in [-0.4, -0.2) is 27.4 Å². The Labute approximate surface area is 163 Å². The van der Waals surface area contributed by atoms with Crippen molar-refractivity contribution < 1.29 is 4.79 Å². The molecule has 3 aromatic rings. The summed E-state index contributed by atoms with van der Waals surface area (Å²) in [6.45, 7) is 0.856. The van der Waals surface area contributed by atoms with Crippen LogP contribution in [0, 0.1) is 0 Å². The quantitative estimate of drug-likeness (QED) is 0.718. The van der Waals surface area contributed by atoms with Crippen LogP contribution in [0.5, 0.6) is 0 Å². The SMILES string of the molecule is O=C(CCn1nnc2ccccc2c1=O)NCC1(c2ccccc2)CCCC1. The summed E-state index contributed by atoms with van der Waals surface area (Å²) in [5.41, 5.74) is 1.68. The molecule has 0 spiro atoms. The highest BCUT2D eigenvalue weighted by Crippen LogP contribution is 2.40. The Morgan fingerprint density at radius 1 is 1.04 bits per heavy atom. The highest BCUT2D eigenvalue weighted by Gasteiger charge is 2.35. The third kappa shape index (κ3) is 3.67. The minimum Gasteiger partial charge on any atom is -0.355 e. The van der Waals surface area contributed by atoms with Crippen molar-refractivity contribution in [2.75, 3.05) is 6.54 Å². The van der Waals surface area contributed by atoms with Gasteiger partial charge in [0.25, 0.3) is 5.56 Å². The third-order valence-electron chi connectivity index (χ3n) is 5.75. The van der Waals surface area contributed by atoms with Crippen LogP contribution < -0.4 is 10.9 Å². The lowest BCUT2D eigenvalue weighted by Crippen LogP contribution is -2.39. The molecular weight excluding hydrogens is 352 g/mol. The number of benzene rings is 2. The number of rotatable bonds is 6. The first kappa shape index (κ1) is 18.3. The summed E-state index contributed by atoms with van der Waals surface area (Å²) >= 11 is 0. The normalized spacial score (nSPS) is 15.6. The van der Waals surface area contributed by atoms with Crippen LogP contribution in [0.4, 0.5) is 0 Å². The summed E-state index contributed by atoms with van der Waals surface area (Å²) in [7, 11) is 0. The molecule has 1 aliphatic carbocycles. The molecule has 1 N–H and O–H groups in total. The van der Waals surface area contributed by atoms with E-state index in [-0.39, 0.29) is 29.8 Å². The molecule has 1 saturated carbocycles. The van der Waals surface area contributed by atoms with Gasteiger partial charge < -0.3 is 5.32 Å². The summed E-state index contributed by atoms with van der Waals surface area (Å²) < 4.78 is 1.27. The molecule has 0 unspecified atom stereocenters. The average Bonchev–Trinajstić information content (AvgIpc) is 3.23. The van der Waals surface area contributed by atoms with Crippen molar-refractivity contribution >= 4 is 16.8 Å². The van der Waals surface area contributed by atoms with Gasteiger partial charge in [-0.15, -0.1) is 5.10 Å². The predicted molar refractivity (Wildman–Crippen MR) is 108 cm³/mol. The molecule has 0 radical (unpaired) electrons. The molecule has 144 valence electrons. The van der Waals surface area contributed by atoms with E-state index >= 15 is 0 Å². The first-order chi connectivity index (χ1) is 13.7.